The summed E-state index contributed by atoms with van der Waals surface area (Å²) in [6.07, 6.45) is 1.80. The van der Waals surface area contributed by atoms with Crippen molar-refractivity contribution < 1.29 is 9.53 Å². The molecule has 7 nitrogen and oxygen atoms in total. The number of carbonyl (C=O) groups is 1. The molecular weight excluding hydrogens is 404 g/mol. The highest BCUT2D eigenvalue weighted by molar-refractivity contribution is 5.99. The van der Waals surface area contributed by atoms with Crippen molar-refractivity contribution >= 4 is 22.5 Å². The summed E-state index contributed by atoms with van der Waals surface area (Å²) in [6.45, 7) is 6.06. The number of hydrogen-bond donors (Lipinski definition) is 2. The quantitative estimate of drug-likeness (QED) is 0.661. The second-order valence-electron chi connectivity index (χ2n) is 8.97. The molecule has 2 aliphatic rings. The smallest absolute Gasteiger partial charge is 0.261 e. The third kappa shape index (κ3) is 3.19. The minimum absolute atomic E-state index is 0.0247. The summed E-state index contributed by atoms with van der Waals surface area (Å²) in [4.78, 5) is 30.8. The lowest BCUT2D eigenvalue weighted by atomic mass is 9.85. The normalized spacial score (nSPS) is 20.5. The minimum Gasteiger partial charge on any atom is -0.380 e. The van der Waals surface area contributed by atoms with Crippen LogP contribution < -0.4 is 16.2 Å². The first-order valence-corrected chi connectivity index (χ1v) is 11.1. The van der Waals surface area contributed by atoms with Crippen LogP contribution in [0.15, 0.2) is 41.2 Å². The molecule has 0 aliphatic carbocycles. The highest BCUT2D eigenvalue weighted by atomic mass is 16.5. The van der Waals surface area contributed by atoms with Crippen LogP contribution >= 0.6 is 0 Å². The average Bonchev–Trinajstić information content (AvgIpc) is 3.42. The van der Waals surface area contributed by atoms with Crippen LogP contribution in [0.3, 0.4) is 0 Å². The zero-order valence-corrected chi connectivity index (χ0v) is 18.7. The number of carbonyl (C=O) groups excluding carboxylic acids is 1. The molecule has 3 heterocycles. The third-order valence-corrected chi connectivity index (χ3v) is 6.86. The maximum atomic E-state index is 13.4. The Morgan fingerprint density at radius 1 is 1.25 bits per heavy atom. The van der Waals surface area contributed by atoms with Gasteiger partial charge in [0.25, 0.3) is 11.5 Å². The predicted octanol–water partition coefficient (Wildman–Crippen LogP) is 3.30. The summed E-state index contributed by atoms with van der Waals surface area (Å²) < 4.78 is 7.55. The molecule has 166 valence electrons. The fourth-order valence-electron chi connectivity index (χ4n) is 5.12. The molecule has 1 amide bonds. The summed E-state index contributed by atoms with van der Waals surface area (Å²) in [5.41, 5.74) is 3.89. The molecule has 2 N–H and O–H groups in total. The molecule has 2 aliphatic heterocycles. The molecule has 3 aromatic rings. The standard InChI is InChI=1S/C25H28N4O3/c1-15-12-18(16(2)27-20-7-5-4-6-17(20)22(30)26-3)21-19(13-15)23(31)29-10-8-25(24(29)28-21)9-11-32-14-25/h4-7,12-13,16,27H,8-11,14H2,1-3H3,(H,26,30)/t16-,25-/m1/s1. The van der Waals surface area contributed by atoms with E-state index in [2.05, 4.69) is 16.7 Å². The van der Waals surface area contributed by atoms with E-state index in [0.717, 1.165) is 41.0 Å². The zero-order valence-electron chi connectivity index (χ0n) is 18.7. The summed E-state index contributed by atoms with van der Waals surface area (Å²) in [6, 6.07) is 11.3. The van der Waals surface area contributed by atoms with Crippen LogP contribution in [0.1, 0.15) is 53.1 Å². The van der Waals surface area contributed by atoms with Crippen LogP contribution in [-0.2, 0) is 16.7 Å². The van der Waals surface area contributed by atoms with Gasteiger partial charge < -0.3 is 15.4 Å². The molecule has 0 radical (unpaired) electrons. The van der Waals surface area contributed by atoms with Crippen LogP contribution in [0, 0.1) is 6.92 Å². The van der Waals surface area contributed by atoms with Crippen LogP contribution in [0.2, 0.25) is 0 Å². The largest absolute Gasteiger partial charge is 0.380 e. The molecular formula is C25H28N4O3. The van der Waals surface area contributed by atoms with E-state index in [9.17, 15) is 9.59 Å². The van der Waals surface area contributed by atoms with Crippen molar-refractivity contribution in [2.75, 3.05) is 25.6 Å². The molecule has 2 aromatic carbocycles. The van der Waals surface area contributed by atoms with Gasteiger partial charge in [-0.05, 0) is 50.5 Å². The lowest BCUT2D eigenvalue weighted by molar-refractivity contribution is 0.0964. The second-order valence-corrected chi connectivity index (χ2v) is 8.97. The Bertz CT molecular complexity index is 1270. The van der Waals surface area contributed by atoms with Gasteiger partial charge in [-0.15, -0.1) is 0 Å². The maximum Gasteiger partial charge on any atom is 0.261 e. The highest BCUT2D eigenvalue weighted by Gasteiger charge is 2.44. The number of rotatable bonds is 4. The fraction of sp³-hybridized carbons (Fsp3) is 0.400. The number of benzene rings is 2. The lowest BCUT2D eigenvalue weighted by Crippen LogP contribution is -2.29. The van der Waals surface area contributed by atoms with Crippen molar-refractivity contribution in [3.8, 4) is 0 Å². The van der Waals surface area contributed by atoms with Gasteiger partial charge in [0.2, 0.25) is 0 Å². The van der Waals surface area contributed by atoms with E-state index in [-0.39, 0.29) is 22.9 Å². The SMILES string of the molecule is CNC(=O)c1ccccc1N[C@H](C)c1cc(C)cc2c(=O)n3c(nc12)[C@@]1(CCOC1)CC3. The Hall–Kier alpha value is -3.19. The van der Waals surface area contributed by atoms with Gasteiger partial charge in [-0.1, -0.05) is 18.2 Å². The molecule has 1 fully saturated rings. The van der Waals surface area contributed by atoms with Crippen LogP contribution in [0.4, 0.5) is 5.69 Å². The molecule has 0 saturated carbocycles. The van der Waals surface area contributed by atoms with Gasteiger partial charge in [-0.25, -0.2) is 4.98 Å². The third-order valence-electron chi connectivity index (χ3n) is 6.86. The molecule has 1 spiro atoms. The van der Waals surface area contributed by atoms with Crippen molar-refractivity contribution in [2.24, 2.45) is 0 Å². The number of ether oxygens (including phenoxy) is 1. The number of nitrogens with zero attached hydrogens (tertiary/aromatic N) is 2. The maximum absolute atomic E-state index is 13.4. The summed E-state index contributed by atoms with van der Waals surface area (Å²) in [5, 5.41) is 6.81. The molecule has 7 heteroatoms. The van der Waals surface area contributed by atoms with E-state index >= 15 is 0 Å². The number of anilines is 1. The van der Waals surface area contributed by atoms with Crippen molar-refractivity contribution in [1.29, 1.82) is 0 Å². The summed E-state index contributed by atoms with van der Waals surface area (Å²) in [7, 11) is 1.62. The Morgan fingerprint density at radius 2 is 2.06 bits per heavy atom. The van der Waals surface area contributed by atoms with E-state index in [4.69, 9.17) is 9.72 Å². The van der Waals surface area contributed by atoms with E-state index in [1.807, 2.05) is 42.7 Å². The van der Waals surface area contributed by atoms with Crippen molar-refractivity contribution in [2.45, 2.75) is 44.7 Å². The van der Waals surface area contributed by atoms with Crippen LogP contribution in [0.5, 0.6) is 0 Å². The minimum atomic E-state index is -0.157. The topological polar surface area (TPSA) is 85.3 Å². The lowest BCUT2D eigenvalue weighted by Gasteiger charge is -2.23. The van der Waals surface area contributed by atoms with Crippen LogP contribution in [0.25, 0.3) is 10.9 Å². The number of nitrogens with one attached hydrogen (secondary N) is 2. The van der Waals surface area contributed by atoms with Gasteiger partial charge >= 0.3 is 0 Å². The average molecular weight is 433 g/mol. The Balaban J connectivity index is 1.63. The molecule has 1 saturated heterocycles. The zero-order chi connectivity index (χ0) is 22.5. The summed E-state index contributed by atoms with van der Waals surface area (Å²) >= 11 is 0. The molecule has 1 aromatic heterocycles. The van der Waals surface area contributed by atoms with Crippen molar-refractivity contribution in [3.63, 3.8) is 0 Å². The van der Waals surface area contributed by atoms with Gasteiger partial charge in [0.05, 0.1) is 34.5 Å². The monoisotopic (exact) mass is 432 g/mol. The first-order chi connectivity index (χ1) is 15.4. The number of aryl methyl sites for hydroxylation is 1. The number of fused-ring (bicyclic) bond motifs is 3. The summed E-state index contributed by atoms with van der Waals surface area (Å²) in [5.74, 6) is 0.710. The fourth-order valence-corrected chi connectivity index (χ4v) is 5.12. The second kappa shape index (κ2) is 7.74. The van der Waals surface area contributed by atoms with E-state index in [0.29, 0.717) is 30.7 Å². The van der Waals surface area contributed by atoms with Crippen LogP contribution in [-0.4, -0.2) is 35.7 Å². The number of para-hydroxylation sites is 1. The highest BCUT2D eigenvalue weighted by Crippen LogP contribution is 2.40. The van der Waals surface area contributed by atoms with Gasteiger partial charge in [-0.2, -0.15) is 0 Å². The van der Waals surface area contributed by atoms with Crippen molar-refractivity contribution in [3.05, 3.63) is 69.3 Å². The molecule has 32 heavy (non-hydrogen) atoms. The molecule has 2 atom stereocenters. The van der Waals surface area contributed by atoms with Gasteiger partial charge in [-0.3, -0.25) is 14.2 Å². The Labute approximate surface area is 186 Å². The van der Waals surface area contributed by atoms with E-state index in [1.165, 1.54) is 0 Å². The van der Waals surface area contributed by atoms with Gasteiger partial charge in [0.15, 0.2) is 0 Å². The molecule has 5 rings (SSSR count). The van der Waals surface area contributed by atoms with Gasteiger partial charge in [0.1, 0.15) is 5.82 Å². The van der Waals surface area contributed by atoms with E-state index < -0.39 is 0 Å². The number of amides is 1. The van der Waals surface area contributed by atoms with Gasteiger partial charge in [0, 0.05) is 31.5 Å². The predicted molar refractivity (Wildman–Crippen MR) is 124 cm³/mol. The number of hydrogen-bond acceptors (Lipinski definition) is 5. The first-order valence-electron chi connectivity index (χ1n) is 11.1. The van der Waals surface area contributed by atoms with E-state index in [1.54, 1.807) is 13.1 Å². The first kappa shape index (κ1) is 20.7. The Kier molecular flexibility index (Phi) is 5.01. The number of aromatic nitrogens is 2. The van der Waals surface area contributed by atoms with Crippen molar-refractivity contribution in [1.82, 2.24) is 14.9 Å². The Morgan fingerprint density at radius 3 is 2.81 bits per heavy atom. The molecule has 0 bridgehead atoms. The molecule has 0 unspecified atom stereocenters.